The third-order valence-electron chi connectivity index (χ3n) is 3.20. The van der Waals surface area contributed by atoms with Crippen molar-refractivity contribution in [3.05, 3.63) is 58.6 Å². The largest absolute Gasteiger partial charge is 0.454 e. The van der Waals surface area contributed by atoms with Crippen LogP contribution >= 0.6 is 11.6 Å². The third kappa shape index (κ3) is 3.04. The molecule has 5 nitrogen and oxygen atoms in total. The van der Waals surface area contributed by atoms with E-state index in [1.807, 2.05) is 12.1 Å². The van der Waals surface area contributed by atoms with Gasteiger partial charge in [0.05, 0.1) is 5.71 Å². The van der Waals surface area contributed by atoms with Crippen molar-refractivity contribution in [1.29, 1.82) is 0 Å². The molecule has 0 atom stereocenters. The number of fused-ring (bicyclic) bond motifs is 1. The van der Waals surface area contributed by atoms with Crippen molar-refractivity contribution in [2.45, 2.75) is 6.92 Å². The molecule has 3 rings (SSSR count). The number of benzene rings is 2. The lowest BCUT2D eigenvalue weighted by Gasteiger charge is -2.04. The second kappa shape index (κ2) is 6.07. The van der Waals surface area contributed by atoms with Crippen LogP contribution in [0.4, 0.5) is 0 Å². The van der Waals surface area contributed by atoms with E-state index in [4.69, 9.17) is 21.1 Å². The number of hydrogen-bond donors (Lipinski definition) is 1. The van der Waals surface area contributed by atoms with E-state index in [1.165, 1.54) is 0 Å². The smallest absolute Gasteiger partial charge is 0.271 e. The Morgan fingerprint density at radius 3 is 2.77 bits per heavy atom. The molecule has 0 unspecified atom stereocenters. The summed E-state index contributed by atoms with van der Waals surface area (Å²) in [6, 6.07) is 12.3. The van der Waals surface area contributed by atoms with Gasteiger partial charge in [-0.15, -0.1) is 0 Å². The van der Waals surface area contributed by atoms with E-state index >= 15 is 0 Å². The molecule has 0 spiro atoms. The quantitative estimate of drug-likeness (QED) is 0.698. The maximum Gasteiger partial charge on any atom is 0.271 e. The molecule has 0 bridgehead atoms. The summed E-state index contributed by atoms with van der Waals surface area (Å²) in [6.45, 7) is 1.97. The molecule has 0 saturated heterocycles. The number of nitrogens with zero attached hydrogens (tertiary/aromatic N) is 1. The summed E-state index contributed by atoms with van der Waals surface area (Å²) < 4.78 is 10.5. The lowest BCUT2D eigenvalue weighted by Crippen LogP contribution is -2.19. The fraction of sp³-hybridized carbons (Fsp3) is 0.125. The van der Waals surface area contributed by atoms with E-state index in [9.17, 15) is 4.79 Å². The molecule has 1 aliphatic rings. The highest BCUT2D eigenvalue weighted by Crippen LogP contribution is 2.32. The molecule has 0 aromatic heterocycles. The molecule has 0 fully saturated rings. The number of nitrogens with one attached hydrogen (secondary N) is 1. The van der Waals surface area contributed by atoms with E-state index in [2.05, 4.69) is 10.5 Å². The Kier molecular flexibility index (Phi) is 3.98. The van der Waals surface area contributed by atoms with Gasteiger partial charge in [-0.3, -0.25) is 4.79 Å². The molecule has 1 aliphatic heterocycles. The molecule has 112 valence electrons. The summed E-state index contributed by atoms with van der Waals surface area (Å²) in [7, 11) is 0. The van der Waals surface area contributed by atoms with Gasteiger partial charge in [0.1, 0.15) is 0 Å². The van der Waals surface area contributed by atoms with Crippen LogP contribution in [0.3, 0.4) is 0 Å². The number of hydrazone groups is 1. The fourth-order valence-corrected chi connectivity index (χ4v) is 2.21. The molecule has 2 aromatic carbocycles. The van der Waals surface area contributed by atoms with Gasteiger partial charge in [0.25, 0.3) is 5.91 Å². The summed E-state index contributed by atoms with van der Waals surface area (Å²) in [5.41, 5.74) is 4.48. The van der Waals surface area contributed by atoms with Crippen molar-refractivity contribution in [2.75, 3.05) is 6.79 Å². The first kappa shape index (κ1) is 14.4. The lowest BCUT2D eigenvalue weighted by molar-refractivity contribution is 0.0954. The van der Waals surface area contributed by atoms with E-state index in [0.29, 0.717) is 27.8 Å². The predicted molar refractivity (Wildman–Crippen MR) is 83.7 cm³/mol. The van der Waals surface area contributed by atoms with E-state index in [0.717, 1.165) is 5.56 Å². The lowest BCUT2D eigenvalue weighted by atomic mass is 10.1. The average Bonchev–Trinajstić information content (AvgIpc) is 2.99. The van der Waals surface area contributed by atoms with Crippen LogP contribution in [0.15, 0.2) is 47.6 Å². The molecular formula is C16H13ClN2O3. The minimum absolute atomic E-state index is 0.173. The molecule has 0 saturated carbocycles. The summed E-state index contributed by atoms with van der Waals surface area (Å²) in [5.74, 6) is 0.873. The van der Waals surface area contributed by atoms with Crippen molar-refractivity contribution < 1.29 is 14.3 Å². The van der Waals surface area contributed by atoms with Gasteiger partial charge in [-0.05, 0) is 42.8 Å². The first-order valence-electron chi connectivity index (χ1n) is 6.64. The molecule has 1 N–H and O–H groups in total. The topological polar surface area (TPSA) is 59.9 Å². The van der Waals surface area contributed by atoms with E-state index in [1.54, 1.807) is 37.3 Å². The minimum atomic E-state index is -0.320. The zero-order chi connectivity index (χ0) is 15.5. The zero-order valence-corrected chi connectivity index (χ0v) is 12.6. The number of hydrogen-bond acceptors (Lipinski definition) is 4. The van der Waals surface area contributed by atoms with Gasteiger partial charge in [0, 0.05) is 10.6 Å². The van der Waals surface area contributed by atoms with Crippen LogP contribution in [-0.2, 0) is 0 Å². The highest BCUT2D eigenvalue weighted by Gasteiger charge is 2.16. The fourth-order valence-electron chi connectivity index (χ4n) is 2.02. The van der Waals surface area contributed by atoms with Crippen molar-refractivity contribution in [2.24, 2.45) is 5.10 Å². The predicted octanol–water partition coefficient (Wildman–Crippen LogP) is 3.22. The number of ether oxygens (including phenoxy) is 2. The normalized spacial score (nSPS) is 13.1. The Morgan fingerprint density at radius 2 is 1.95 bits per heavy atom. The van der Waals surface area contributed by atoms with Crippen LogP contribution in [0.1, 0.15) is 22.8 Å². The summed E-state index contributed by atoms with van der Waals surface area (Å²) in [6.07, 6.45) is 0. The van der Waals surface area contributed by atoms with Crippen molar-refractivity contribution >= 4 is 23.2 Å². The average molecular weight is 317 g/mol. The Labute approximate surface area is 132 Å². The maximum atomic E-state index is 12.1. The van der Waals surface area contributed by atoms with Gasteiger partial charge in [-0.1, -0.05) is 23.7 Å². The molecule has 1 amide bonds. The summed E-state index contributed by atoms with van der Waals surface area (Å²) >= 11 is 5.93. The first-order chi connectivity index (χ1) is 10.6. The van der Waals surface area contributed by atoms with Gasteiger partial charge >= 0.3 is 0 Å². The zero-order valence-electron chi connectivity index (χ0n) is 11.8. The van der Waals surface area contributed by atoms with E-state index in [-0.39, 0.29) is 12.7 Å². The molecule has 1 heterocycles. The molecule has 0 radical (unpaired) electrons. The Morgan fingerprint density at radius 1 is 1.14 bits per heavy atom. The SMILES string of the molecule is C/C(=N\NC(=O)c1ccc2c(c1)OCO2)c1cccc(Cl)c1. The summed E-state index contributed by atoms with van der Waals surface area (Å²) in [5, 5.41) is 4.71. The van der Waals surface area contributed by atoms with Crippen LogP contribution in [0.2, 0.25) is 5.02 Å². The van der Waals surface area contributed by atoms with Crippen molar-refractivity contribution in [1.82, 2.24) is 5.43 Å². The minimum Gasteiger partial charge on any atom is -0.454 e. The van der Waals surface area contributed by atoms with Gasteiger partial charge in [0.2, 0.25) is 6.79 Å². The molecule has 0 aliphatic carbocycles. The second-order valence-corrected chi connectivity index (χ2v) is 5.15. The van der Waals surface area contributed by atoms with Crippen LogP contribution in [-0.4, -0.2) is 18.4 Å². The standard InChI is InChI=1S/C16H13ClN2O3/c1-10(11-3-2-4-13(17)7-11)18-19-16(20)12-5-6-14-15(8-12)22-9-21-14/h2-8H,9H2,1H3,(H,19,20)/b18-10+. The molecule has 2 aromatic rings. The highest BCUT2D eigenvalue weighted by molar-refractivity contribution is 6.31. The van der Waals surface area contributed by atoms with E-state index < -0.39 is 0 Å². The number of carbonyl (C=O) groups is 1. The van der Waals surface area contributed by atoms with Crippen LogP contribution < -0.4 is 14.9 Å². The van der Waals surface area contributed by atoms with Crippen molar-refractivity contribution in [3.8, 4) is 11.5 Å². The number of halogens is 1. The highest BCUT2D eigenvalue weighted by atomic mass is 35.5. The van der Waals surface area contributed by atoms with Gasteiger partial charge in [-0.25, -0.2) is 5.43 Å². The van der Waals surface area contributed by atoms with Crippen LogP contribution in [0, 0.1) is 0 Å². The Bertz CT molecular complexity index is 759. The molecular weight excluding hydrogens is 304 g/mol. The maximum absolute atomic E-state index is 12.1. The molecule has 6 heteroatoms. The first-order valence-corrected chi connectivity index (χ1v) is 7.01. The van der Waals surface area contributed by atoms with Gasteiger partial charge in [-0.2, -0.15) is 5.10 Å². The summed E-state index contributed by atoms with van der Waals surface area (Å²) in [4.78, 5) is 12.1. The Hall–Kier alpha value is -2.53. The monoisotopic (exact) mass is 316 g/mol. The number of carbonyl (C=O) groups excluding carboxylic acids is 1. The van der Waals surface area contributed by atoms with Crippen molar-refractivity contribution in [3.63, 3.8) is 0 Å². The van der Waals surface area contributed by atoms with Gasteiger partial charge in [0.15, 0.2) is 11.5 Å². The van der Waals surface area contributed by atoms with Crippen LogP contribution in [0.5, 0.6) is 11.5 Å². The Balaban J connectivity index is 1.73. The number of rotatable bonds is 3. The third-order valence-corrected chi connectivity index (χ3v) is 3.44. The van der Waals surface area contributed by atoms with Crippen LogP contribution in [0.25, 0.3) is 0 Å². The number of amides is 1. The van der Waals surface area contributed by atoms with Gasteiger partial charge < -0.3 is 9.47 Å². The molecule has 22 heavy (non-hydrogen) atoms. The second-order valence-electron chi connectivity index (χ2n) is 4.72.